The van der Waals surface area contributed by atoms with E-state index in [4.69, 9.17) is 11.6 Å². The number of alkyl halides is 3. The predicted molar refractivity (Wildman–Crippen MR) is 110 cm³/mol. The topological polar surface area (TPSA) is 59.3 Å². The van der Waals surface area contributed by atoms with Crippen molar-refractivity contribution in [2.24, 2.45) is 0 Å². The second-order valence-corrected chi connectivity index (χ2v) is 7.73. The van der Waals surface area contributed by atoms with Crippen molar-refractivity contribution in [2.45, 2.75) is 19.5 Å². The van der Waals surface area contributed by atoms with Crippen LogP contribution < -0.4 is 5.32 Å². The number of nitrogens with one attached hydrogen (secondary N) is 1. The van der Waals surface area contributed by atoms with Crippen molar-refractivity contribution in [3.63, 3.8) is 0 Å². The Kier molecular flexibility index (Phi) is 5.25. The van der Waals surface area contributed by atoms with Gasteiger partial charge in [0.2, 0.25) is 0 Å². The molecular weight excluding hydrogens is 437 g/mol. The van der Waals surface area contributed by atoms with Gasteiger partial charge in [-0.25, -0.2) is 9.50 Å². The van der Waals surface area contributed by atoms with E-state index >= 15 is 0 Å². The van der Waals surface area contributed by atoms with Gasteiger partial charge in [0.15, 0.2) is 17.0 Å². The fourth-order valence-electron chi connectivity index (χ4n) is 2.90. The first kappa shape index (κ1) is 20.4. The van der Waals surface area contributed by atoms with Crippen molar-refractivity contribution in [3.05, 3.63) is 69.8 Å². The number of hydrogen-bond acceptors (Lipinski definition) is 4. The largest absolute Gasteiger partial charge is 0.433 e. The molecule has 0 atom stereocenters. The number of hydrogen-bond donors (Lipinski definition) is 1. The lowest BCUT2D eigenvalue weighted by Crippen LogP contribution is -2.15. The summed E-state index contributed by atoms with van der Waals surface area (Å²) in [7, 11) is 0. The highest BCUT2D eigenvalue weighted by molar-refractivity contribution is 7.13. The highest BCUT2D eigenvalue weighted by Gasteiger charge is 2.36. The van der Waals surface area contributed by atoms with Gasteiger partial charge < -0.3 is 5.32 Å². The molecule has 154 valence electrons. The van der Waals surface area contributed by atoms with Crippen LogP contribution >= 0.6 is 22.9 Å². The van der Waals surface area contributed by atoms with E-state index in [0.717, 1.165) is 18.1 Å². The van der Waals surface area contributed by atoms with Gasteiger partial charge in [-0.15, -0.1) is 11.3 Å². The minimum absolute atomic E-state index is 0.105. The average molecular weight is 451 g/mol. The van der Waals surface area contributed by atoms with Crippen LogP contribution in [0.25, 0.3) is 16.2 Å². The second kappa shape index (κ2) is 7.73. The highest BCUT2D eigenvalue weighted by Crippen LogP contribution is 2.35. The zero-order valence-electron chi connectivity index (χ0n) is 15.5. The first-order valence-electron chi connectivity index (χ1n) is 8.88. The number of anilines is 1. The Labute approximate surface area is 178 Å². The van der Waals surface area contributed by atoms with Gasteiger partial charge in [0.1, 0.15) is 5.02 Å². The molecule has 1 aromatic carbocycles. The van der Waals surface area contributed by atoms with Crippen LogP contribution in [0.1, 0.15) is 28.7 Å². The third-order valence-corrected chi connectivity index (χ3v) is 5.67. The van der Waals surface area contributed by atoms with Crippen molar-refractivity contribution in [1.82, 2.24) is 14.6 Å². The molecule has 3 aromatic heterocycles. The Hall–Kier alpha value is -2.91. The molecular formula is C20H14ClF3N4OS. The third kappa shape index (κ3) is 3.78. The summed E-state index contributed by atoms with van der Waals surface area (Å²) in [6.07, 6.45) is -3.88. The number of aromatic nitrogens is 3. The number of benzene rings is 1. The first-order chi connectivity index (χ1) is 14.3. The predicted octanol–water partition coefficient (Wildman–Crippen LogP) is 5.94. The Balaban J connectivity index is 1.79. The SMILES string of the molecule is CCc1ccc(NC(=O)c2nn3c(C(F)(F)F)cc(-c4cccs4)nc3c2Cl)cc1. The van der Waals surface area contributed by atoms with Crippen molar-refractivity contribution >= 4 is 40.2 Å². The summed E-state index contributed by atoms with van der Waals surface area (Å²) >= 11 is 7.50. The molecule has 0 fully saturated rings. The Morgan fingerprint density at radius 2 is 1.97 bits per heavy atom. The smallest absolute Gasteiger partial charge is 0.321 e. The van der Waals surface area contributed by atoms with E-state index in [0.29, 0.717) is 15.1 Å². The van der Waals surface area contributed by atoms with E-state index in [1.165, 1.54) is 11.3 Å². The number of fused-ring (bicyclic) bond motifs is 1. The molecule has 0 bridgehead atoms. The summed E-state index contributed by atoms with van der Waals surface area (Å²) in [6, 6.07) is 11.4. The molecule has 10 heteroatoms. The maximum atomic E-state index is 13.7. The molecule has 0 aliphatic rings. The monoisotopic (exact) mass is 450 g/mol. The number of thiophene rings is 1. The van der Waals surface area contributed by atoms with Crippen LogP contribution in [0.2, 0.25) is 5.02 Å². The zero-order chi connectivity index (χ0) is 21.5. The van der Waals surface area contributed by atoms with Crippen LogP contribution in [0, 0.1) is 0 Å². The van der Waals surface area contributed by atoms with E-state index in [9.17, 15) is 18.0 Å². The van der Waals surface area contributed by atoms with Gasteiger partial charge in [-0.3, -0.25) is 4.79 Å². The summed E-state index contributed by atoms with van der Waals surface area (Å²) in [4.78, 5) is 17.4. The second-order valence-electron chi connectivity index (χ2n) is 6.40. The lowest BCUT2D eigenvalue weighted by molar-refractivity contribution is -0.142. The number of rotatable bonds is 4. The number of carbonyl (C=O) groups is 1. The zero-order valence-corrected chi connectivity index (χ0v) is 17.1. The Morgan fingerprint density at radius 1 is 1.23 bits per heavy atom. The van der Waals surface area contributed by atoms with E-state index in [1.54, 1.807) is 29.6 Å². The van der Waals surface area contributed by atoms with Crippen molar-refractivity contribution in [1.29, 1.82) is 0 Å². The number of aryl methyl sites for hydroxylation is 1. The van der Waals surface area contributed by atoms with Crippen molar-refractivity contribution in [3.8, 4) is 10.6 Å². The normalized spacial score (nSPS) is 11.8. The summed E-state index contributed by atoms with van der Waals surface area (Å²) in [5.41, 5.74) is 0.0318. The Bertz CT molecular complexity index is 1220. The quantitative estimate of drug-likeness (QED) is 0.418. The van der Waals surface area contributed by atoms with Crippen LogP contribution in [0.15, 0.2) is 47.8 Å². The van der Waals surface area contributed by atoms with Gasteiger partial charge in [-0.05, 0) is 41.6 Å². The Morgan fingerprint density at radius 3 is 2.57 bits per heavy atom. The van der Waals surface area contributed by atoms with Gasteiger partial charge in [-0.1, -0.05) is 36.7 Å². The number of amides is 1. The molecule has 1 amide bonds. The molecule has 0 unspecified atom stereocenters. The van der Waals surface area contributed by atoms with Gasteiger partial charge >= 0.3 is 6.18 Å². The average Bonchev–Trinajstić information content (AvgIpc) is 3.36. The van der Waals surface area contributed by atoms with Crippen LogP contribution in [0.3, 0.4) is 0 Å². The molecule has 30 heavy (non-hydrogen) atoms. The molecule has 0 saturated heterocycles. The van der Waals surface area contributed by atoms with E-state index in [1.807, 2.05) is 19.1 Å². The third-order valence-electron chi connectivity index (χ3n) is 4.43. The minimum atomic E-state index is -4.72. The molecule has 0 aliphatic carbocycles. The number of halogens is 4. The maximum Gasteiger partial charge on any atom is 0.433 e. The van der Waals surface area contributed by atoms with Gasteiger partial charge in [0, 0.05) is 5.69 Å². The molecule has 0 spiro atoms. The highest BCUT2D eigenvalue weighted by atomic mass is 35.5. The summed E-state index contributed by atoms with van der Waals surface area (Å²) < 4.78 is 41.6. The van der Waals surface area contributed by atoms with E-state index in [-0.39, 0.29) is 22.1 Å². The minimum Gasteiger partial charge on any atom is -0.321 e. The lowest BCUT2D eigenvalue weighted by atomic mass is 10.1. The molecule has 5 nitrogen and oxygen atoms in total. The first-order valence-corrected chi connectivity index (χ1v) is 10.1. The molecule has 1 N–H and O–H groups in total. The van der Waals surface area contributed by atoms with Crippen LogP contribution in [-0.2, 0) is 12.6 Å². The fraction of sp³-hybridized carbons (Fsp3) is 0.150. The summed E-state index contributed by atoms with van der Waals surface area (Å²) in [6.45, 7) is 2.00. The van der Waals surface area contributed by atoms with Crippen molar-refractivity contribution in [2.75, 3.05) is 5.32 Å². The van der Waals surface area contributed by atoms with E-state index < -0.39 is 17.8 Å². The molecule has 4 rings (SSSR count). The van der Waals surface area contributed by atoms with Crippen LogP contribution in [-0.4, -0.2) is 20.5 Å². The number of nitrogens with zero attached hydrogens (tertiary/aromatic N) is 3. The van der Waals surface area contributed by atoms with Crippen LogP contribution in [0.5, 0.6) is 0 Å². The van der Waals surface area contributed by atoms with Crippen molar-refractivity contribution < 1.29 is 18.0 Å². The van der Waals surface area contributed by atoms with Gasteiger partial charge in [0.05, 0.1) is 10.6 Å². The molecule has 3 heterocycles. The standard InChI is InChI=1S/C20H14ClF3N4OS/c1-2-11-5-7-12(8-6-11)25-19(29)17-16(21)18-26-13(14-4-3-9-30-14)10-15(20(22,23)24)28(18)27-17/h3-10H,2H2,1H3,(H,25,29). The van der Waals surface area contributed by atoms with Crippen LogP contribution in [0.4, 0.5) is 18.9 Å². The lowest BCUT2D eigenvalue weighted by Gasteiger charge is -2.10. The summed E-state index contributed by atoms with van der Waals surface area (Å²) in [5, 5.41) is 7.91. The number of carbonyl (C=O) groups excluding carboxylic acids is 1. The fourth-order valence-corrected chi connectivity index (χ4v) is 3.84. The summed E-state index contributed by atoms with van der Waals surface area (Å²) in [5.74, 6) is -0.722. The molecule has 0 aliphatic heterocycles. The van der Waals surface area contributed by atoms with E-state index in [2.05, 4.69) is 15.4 Å². The molecule has 0 radical (unpaired) electrons. The van der Waals surface area contributed by atoms with Gasteiger partial charge in [-0.2, -0.15) is 18.3 Å². The maximum absolute atomic E-state index is 13.7. The molecule has 0 saturated carbocycles. The van der Waals surface area contributed by atoms with Gasteiger partial charge in [0.25, 0.3) is 5.91 Å². The molecule has 4 aromatic rings.